The van der Waals surface area contributed by atoms with Gasteiger partial charge in [0.25, 0.3) is 0 Å². The first-order valence-electron chi connectivity index (χ1n) is 8.55. The Hall–Kier alpha value is -3.48. The zero-order chi connectivity index (χ0) is 19.8. The Morgan fingerprint density at radius 3 is 2.86 bits per heavy atom. The molecule has 1 heterocycles. The van der Waals surface area contributed by atoms with Gasteiger partial charge < -0.3 is 15.8 Å². The molecule has 141 valence electrons. The van der Waals surface area contributed by atoms with Crippen molar-refractivity contribution in [3.05, 3.63) is 88.3 Å². The van der Waals surface area contributed by atoms with Crippen molar-refractivity contribution < 1.29 is 23.1 Å². The highest BCUT2D eigenvalue weighted by atomic mass is 19.1. The van der Waals surface area contributed by atoms with Crippen LogP contribution in [0, 0.1) is 17.7 Å². The molecule has 1 aliphatic heterocycles. The lowest BCUT2D eigenvalue weighted by atomic mass is 9.82. The zero-order valence-electron chi connectivity index (χ0n) is 14.6. The number of carbonyl (C=O) groups excluding carboxylic acids is 2. The Labute approximate surface area is 159 Å². The number of ether oxygens (including phenoxy) is 1. The van der Waals surface area contributed by atoms with Crippen LogP contribution in [-0.4, -0.2) is 11.7 Å². The maximum Gasteiger partial charge on any atom is 0.229 e. The average molecular weight is 381 g/mol. The molecule has 2 aromatic rings. The van der Waals surface area contributed by atoms with Crippen LogP contribution in [0.2, 0.25) is 0 Å². The van der Waals surface area contributed by atoms with E-state index in [0.717, 1.165) is 12.1 Å². The van der Waals surface area contributed by atoms with Crippen LogP contribution in [0.25, 0.3) is 0 Å². The van der Waals surface area contributed by atoms with Crippen molar-refractivity contribution in [3.8, 4) is 0 Å². The maximum atomic E-state index is 13.9. The minimum Gasteiger partial charge on any atom is -0.488 e. The number of amides is 1. The summed E-state index contributed by atoms with van der Waals surface area (Å²) in [5, 5.41) is 2.79. The Kier molecular flexibility index (Phi) is 4.43. The third-order valence-electron chi connectivity index (χ3n) is 4.70. The number of anilines is 1. The van der Waals surface area contributed by atoms with E-state index in [4.69, 9.17) is 10.5 Å². The normalized spacial score (nSPS) is 18.4. The van der Waals surface area contributed by atoms with E-state index >= 15 is 0 Å². The smallest absolute Gasteiger partial charge is 0.229 e. The summed E-state index contributed by atoms with van der Waals surface area (Å²) in [7, 11) is 0. The number of rotatable bonds is 3. The van der Waals surface area contributed by atoms with E-state index < -0.39 is 23.5 Å². The molecule has 2 aromatic carbocycles. The van der Waals surface area contributed by atoms with Gasteiger partial charge in [-0.15, -0.1) is 0 Å². The molecule has 0 saturated carbocycles. The Morgan fingerprint density at radius 1 is 1.29 bits per heavy atom. The Morgan fingerprint density at radius 2 is 2.11 bits per heavy atom. The number of benzene rings is 2. The molecule has 0 fully saturated rings. The maximum absolute atomic E-state index is 13.9. The molecule has 7 heteroatoms. The van der Waals surface area contributed by atoms with Crippen molar-refractivity contribution in [2.75, 3.05) is 5.32 Å². The van der Waals surface area contributed by atoms with Gasteiger partial charge in [-0.1, -0.05) is 12.1 Å². The molecule has 4 rings (SSSR count). The van der Waals surface area contributed by atoms with Crippen LogP contribution in [0.3, 0.4) is 0 Å². The molecule has 0 bridgehead atoms. The molecule has 0 unspecified atom stereocenters. The molecule has 5 nitrogen and oxygen atoms in total. The van der Waals surface area contributed by atoms with Crippen LogP contribution >= 0.6 is 0 Å². The number of carbonyl (C=O) groups is 2. The van der Waals surface area contributed by atoms with Gasteiger partial charge in [0, 0.05) is 17.8 Å². The molecule has 0 spiro atoms. The monoisotopic (exact) mass is 381 g/mol. The number of allylic oxidation sites excluding steroid dienone is 2. The lowest BCUT2D eigenvalue weighted by molar-refractivity contribution is -0.121. The summed E-state index contributed by atoms with van der Waals surface area (Å²) in [6.45, 7) is 0.136. The van der Waals surface area contributed by atoms with E-state index in [0.29, 0.717) is 16.8 Å². The summed E-state index contributed by atoms with van der Waals surface area (Å²) < 4.78 is 32.8. The van der Waals surface area contributed by atoms with Crippen molar-refractivity contribution >= 4 is 17.4 Å². The number of ketones is 1. The molecule has 28 heavy (non-hydrogen) atoms. The van der Waals surface area contributed by atoms with Crippen LogP contribution in [0.4, 0.5) is 14.5 Å². The summed E-state index contributed by atoms with van der Waals surface area (Å²) in [6, 6.07) is 11.0. The SMILES string of the molecule is NC(=O)[C@H]1C2=C(C=C(Nc3ccc(F)cc3F)CC2=O)OCc2c[c]ccc21. The molecule has 0 saturated heterocycles. The van der Waals surface area contributed by atoms with Gasteiger partial charge in [-0.25, -0.2) is 8.78 Å². The second-order valence-corrected chi connectivity index (χ2v) is 6.55. The van der Waals surface area contributed by atoms with E-state index in [1.54, 1.807) is 24.3 Å². The molecule has 0 aromatic heterocycles. The van der Waals surface area contributed by atoms with Gasteiger partial charge in [0.2, 0.25) is 5.91 Å². The number of hydrogen-bond acceptors (Lipinski definition) is 4. The van der Waals surface area contributed by atoms with Crippen molar-refractivity contribution in [1.29, 1.82) is 0 Å². The predicted octanol–water partition coefficient (Wildman–Crippen LogP) is 3.09. The molecular formula is C21H15F2N2O3. The number of fused-ring (bicyclic) bond motifs is 1. The zero-order valence-corrected chi connectivity index (χ0v) is 14.6. The topological polar surface area (TPSA) is 81.4 Å². The third kappa shape index (κ3) is 3.15. The lowest BCUT2D eigenvalue weighted by Gasteiger charge is -2.22. The summed E-state index contributed by atoms with van der Waals surface area (Å²) in [6.07, 6.45) is 1.45. The second kappa shape index (κ2) is 6.92. The van der Waals surface area contributed by atoms with Gasteiger partial charge in [-0.05, 0) is 35.4 Å². The van der Waals surface area contributed by atoms with Gasteiger partial charge in [0.15, 0.2) is 5.78 Å². The highest BCUT2D eigenvalue weighted by Gasteiger charge is 2.37. The Balaban J connectivity index is 1.75. The number of hydrogen-bond donors (Lipinski definition) is 2. The fourth-order valence-corrected chi connectivity index (χ4v) is 3.45. The van der Waals surface area contributed by atoms with Gasteiger partial charge in [0.05, 0.1) is 23.6 Å². The molecule has 3 N–H and O–H groups in total. The number of primary amides is 1. The summed E-state index contributed by atoms with van der Waals surface area (Å²) >= 11 is 0. The Bertz CT molecular complexity index is 1060. The van der Waals surface area contributed by atoms with Crippen LogP contribution in [0.1, 0.15) is 23.5 Å². The van der Waals surface area contributed by atoms with Gasteiger partial charge in [-0.2, -0.15) is 0 Å². The first-order chi connectivity index (χ1) is 13.4. The van der Waals surface area contributed by atoms with Crippen molar-refractivity contribution in [3.63, 3.8) is 0 Å². The third-order valence-corrected chi connectivity index (χ3v) is 4.70. The quantitative estimate of drug-likeness (QED) is 0.856. The van der Waals surface area contributed by atoms with Crippen LogP contribution in [0.5, 0.6) is 0 Å². The predicted molar refractivity (Wildman–Crippen MR) is 96.7 cm³/mol. The molecular weight excluding hydrogens is 366 g/mol. The van der Waals surface area contributed by atoms with E-state index in [-0.39, 0.29) is 35.8 Å². The largest absolute Gasteiger partial charge is 0.488 e. The summed E-state index contributed by atoms with van der Waals surface area (Å²) in [5.41, 5.74) is 7.50. The minimum atomic E-state index is -0.935. The molecule has 1 aliphatic carbocycles. The first-order valence-corrected chi connectivity index (χ1v) is 8.55. The van der Waals surface area contributed by atoms with Crippen molar-refractivity contribution in [1.82, 2.24) is 0 Å². The van der Waals surface area contributed by atoms with Crippen molar-refractivity contribution in [2.45, 2.75) is 18.9 Å². The fraction of sp³-hybridized carbons (Fsp3) is 0.143. The molecule has 2 aliphatic rings. The van der Waals surface area contributed by atoms with Crippen LogP contribution in [-0.2, 0) is 20.9 Å². The van der Waals surface area contributed by atoms with E-state index in [9.17, 15) is 18.4 Å². The van der Waals surface area contributed by atoms with Crippen molar-refractivity contribution in [2.24, 2.45) is 5.73 Å². The fourth-order valence-electron chi connectivity index (χ4n) is 3.45. The number of halogens is 2. The van der Waals surface area contributed by atoms with Crippen LogP contribution in [0.15, 0.2) is 59.5 Å². The first kappa shape index (κ1) is 17.9. The highest BCUT2D eigenvalue weighted by molar-refractivity contribution is 6.07. The van der Waals surface area contributed by atoms with Crippen LogP contribution < -0.4 is 11.1 Å². The van der Waals surface area contributed by atoms with E-state index in [1.165, 1.54) is 6.07 Å². The number of nitrogens with two attached hydrogens (primary N) is 1. The molecule has 1 atom stereocenters. The minimum absolute atomic E-state index is 0.0301. The standard InChI is InChI=1S/C21H15F2N2O3/c22-12-5-6-16(15(23)7-12)25-13-8-17(26)20-18(9-13)28-10-11-3-1-2-4-14(11)19(20)21(24)27/h2-7,9,19,25H,8,10H2,(H2,24,27)/t19-/m1/s1. The molecule has 1 radical (unpaired) electrons. The van der Waals surface area contributed by atoms with Gasteiger partial charge in [0.1, 0.15) is 24.0 Å². The lowest BCUT2D eigenvalue weighted by Crippen LogP contribution is -2.29. The highest BCUT2D eigenvalue weighted by Crippen LogP contribution is 2.38. The summed E-state index contributed by atoms with van der Waals surface area (Å²) in [4.78, 5) is 25.0. The molecule has 1 amide bonds. The average Bonchev–Trinajstić information content (AvgIpc) is 2.81. The van der Waals surface area contributed by atoms with E-state index in [1.807, 2.05) is 0 Å². The number of Topliss-reactive ketones (excluding diaryl/α,β-unsaturated/α-hetero) is 1. The second-order valence-electron chi connectivity index (χ2n) is 6.55. The number of nitrogens with one attached hydrogen (secondary N) is 1. The summed E-state index contributed by atoms with van der Waals surface area (Å²) in [5.74, 6) is -3.23. The van der Waals surface area contributed by atoms with Gasteiger partial charge >= 0.3 is 0 Å². The van der Waals surface area contributed by atoms with E-state index in [2.05, 4.69) is 11.4 Å². The van der Waals surface area contributed by atoms with Gasteiger partial charge in [-0.3, -0.25) is 9.59 Å².